The van der Waals surface area contributed by atoms with E-state index in [-0.39, 0.29) is 0 Å². The molecular formula is C39H25N3S2. The molecular weight excluding hydrogens is 575 g/mol. The number of benzene rings is 5. The minimum atomic E-state index is 0.712. The number of thiophene rings is 2. The lowest BCUT2D eigenvalue weighted by Crippen LogP contribution is -2.03. The predicted molar refractivity (Wildman–Crippen MR) is 188 cm³/mol. The van der Waals surface area contributed by atoms with E-state index in [4.69, 9.17) is 15.0 Å². The Bertz CT molecular complexity index is 2450. The van der Waals surface area contributed by atoms with E-state index in [0.717, 1.165) is 35.4 Å². The molecule has 5 aromatic carbocycles. The van der Waals surface area contributed by atoms with Crippen molar-refractivity contribution in [2.24, 2.45) is 0 Å². The molecule has 0 aliphatic heterocycles. The molecule has 208 valence electrons. The van der Waals surface area contributed by atoms with E-state index in [2.05, 4.69) is 127 Å². The van der Waals surface area contributed by atoms with Crippen LogP contribution in [0.2, 0.25) is 0 Å². The lowest BCUT2D eigenvalue weighted by Gasteiger charge is -2.11. The van der Waals surface area contributed by atoms with Gasteiger partial charge in [-0.1, -0.05) is 103 Å². The zero-order valence-electron chi connectivity index (χ0n) is 23.7. The molecule has 3 heterocycles. The van der Waals surface area contributed by atoms with Crippen molar-refractivity contribution >= 4 is 68.6 Å². The van der Waals surface area contributed by atoms with Gasteiger partial charge in [-0.25, -0.2) is 15.0 Å². The lowest BCUT2D eigenvalue weighted by molar-refractivity contribution is 1.01. The van der Waals surface area contributed by atoms with Crippen molar-refractivity contribution in [3.8, 4) is 33.9 Å². The van der Waals surface area contributed by atoms with E-state index in [9.17, 15) is 0 Å². The third-order valence-electron chi connectivity index (χ3n) is 8.38. The number of hydrogen-bond acceptors (Lipinski definition) is 5. The van der Waals surface area contributed by atoms with Crippen LogP contribution in [0.4, 0.5) is 0 Å². The first-order valence-corrected chi connectivity index (χ1v) is 16.5. The van der Waals surface area contributed by atoms with Crippen LogP contribution in [-0.2, 0) is 0 Å². The molecule has 0 radical (unpaired) electrons. The van der Waals surface area contributed by atoms with E-state index in [1.165, 1.54) is 51.5 Å². The van der Waals surface area contributed by atoms with Crippen LogP contribution in [0.1, 0.15) is 18.7 Å². The molecule has 0 unspecified atom stereocenters. The van der Waals surface area contributed by atoms with Gasteiger partial charge in [-0.15, -0.1) is 22.7 Å². The van der Waals surface area contributed by atoms with Crippen molar-refractivity contribution in [2.75, 3.05) is 0 Å². The van der Waals surface area contributed by atoms with Crippen molar-refractivity contribution in [3.05, 3.63) is 133 Å². The lowest BCUT2D eigenvalue weighted by atomic mass is 10.0. The topological polar surface area (TPSA) is 38.7 Å². The molecule has 0 saturated carbocycles. The highest BCUT2D eigenvalue weighted by Gasteiger charge is 2.19. The van der Waals surface area contributed by atoms with E-state index >= 15 is 0 Å². The maximum absolute atomic E-state index is 5.21. The van der Waals surface area contributed by atoms with Gasteiger partial charge in [0.05, 0.1) is 0 Å². The molecule has 5 heteroatoms. The van der Waals surface area contributed by atoms with Crippen LogP contribution >= 0.6 is 22.7 Å². The predicted octanol–water partition coefficient (Wildman–Crippen LogP) is 11.3. The summed E-state index contributed by atoms with van der Waals surface area (Å²) in [5.41, 5.74) is 5.59. The Labute approximate surface area is 262 Å². The minimum Gasteiger partial charge on any atom is -0.208 e. The standard InChI is InChI=1S/C39H25N3S2/c1-3-11-24(12-4-1)26-21-22-28-30-17-10-19-32(36(30)44-34(28)23-26)39-41-37(25-13-5-2-6-14-25)40-38(42-39)31-18-9-16-29-27-15-7-8-20-33(27)43-35(29)31/h1,3-5,7-23H,2,6H2. The van der Waals surface area contributed by atoms with Crippen molar-refractivity contribution < 1.29 is 0 Å². The second-order valence-corrected chi connectivity index (χ2v) is 13.2. The molecule has 0 fully saturated rings. The van der Waals surface area contributed by atoms with Gasteiger partial charge in [0.15, 0.2) is 17.5 Å². The normalized spacial score (nSPS) is 13.3. The number of hydrogen-bond donors (Lipinski definition) is 0. The fraction of sp³-hybridized carbons (Fsp3) is 0.0513. The quantitative estimate of drug-likeness (QED) is 0.202. The summed E-state index contributed by atoms with van der Waals surface area (Å²) in [7, 11) is 0. The van der Waals surface area contributed by atoms with Gasteiger partial charge in [-0.05, 0) is 48.2 Å². The SMILES string of the molecule is C1=CC(c2nc(-c3cccc4c3sc3ccccc34)nc(-c3cccc4c3sc3cc(-c5ccccc5)ccc34)n2)=CCC1. The second kappa shape index (κ2) is 10.3. The monoisotopic (exact) mass is 599 g/mol. The van der Waals surface area contributed by atoms with Crippen LogP contribution in [0.25, 0.3) is 79.8 Å². The molecule has 0 spiro atoms. The molecule has 0 bridgehead atoms. The third-order valence-corrected chi connectivity index (χ3v) is 10.8. The molecule has 0 atom stereocenters. The number of rotatable bonds is 4. The Balaban J connectivity index is 1.27. The van der Waals surface area contributed by atoms with E-state index in [0.29, 0.717) is 11.6 Å². The largest absolute Gasteiger partial charge is 0.208 e. The smallest absolute Gasteiger partial charge is 0.165 e. The van der Waals surface area contributed by atoms with E-state index < -0.39 is 0 Å². The van der Waals surface area contributed by atoms with Gasteiger partial charge in [-0.2, -0.15) is 0 Å². The van der Waals surface area contributed by atoms with Crippen LogP contribution in [0.3, 0.4) is 0 Å². The summed E-state index contributed by atoms with van der Waals surface area (Å²) >= 11 is 3.62. The number of aromatic nitrogens is 3. The molecule has 9 rings (SSSR count). The first-order valence-electron chi connectivity index (χ1n) is 14.8. The fourth-order valence-electron chi connectivity index (χ4n) is 6.23. The van der Waals surface area contributed by atoms with Gasteiger partial charge in [0.2, 0.25) is 0 Å². The maximum atomic E-state index is 5.21. The van der Waals surface area contributed by atoms with Gasteiger partial charge in [0.1, 0.15) is 0 Å². The van der Waals surface area contributed by atoms with Gasteiger partial charge >= 0.3 is 0 Å². The number of nitrogens with zero attached hydrogens (tertiary/aromatic N) is 3. The van der Waals surface area contributed by atoms with Crippen LogP contribution < -0.4 is 0 Å². The highest BCUT2D eigenvalue weighted by molar-refractivity contribution is 7.26. The molecule has 0 amide bonds. The Hall–Kier alpha value is -4.97. The molecule has 0 N–H and O–H groups in total. The van der Waals surface area contributed by atoms with Crippen molar-refractivity contribution in [3.63, 3.8) is 0 Å². The first-order chi connectivity index (χ1) is 21.8. The summed E-state index contributed by atoms with van der Waals surface area (Å²) in [4.78, 5) is 15.5. The summed E-state index contributed by atoms with van der Waals surface area (Å²) in [6.45, 7) is 0. The highest BCUT2D eigenvalue weighted by Crippen LogP contribution is 2.42. The second-order valence-electron chi connectivity index (χ2n) is 11.1. The van der Waals surface area contributed by atoms with Gasteiger partial charge in [0, 0.05) is 57.0 Å². The van der Waals surface area contributed by atoms with Crippen molar-refractivity contribution in [2.45, 2.75) is 12.8 Å². The summed E-state index contributed by atoms with van der Waals surface area (Å²) < 4.78 is 4.94. The van der Waals surface area contributed by atoms with Crippen molar-refractivity contribution in [1.29, 1.82) is 0 Å². The Kier molecular flexibility index (Phi) is 6.00. The van der Waals surface area contributed by atoms with Crippen LogP contribution in [-0.4, -0.2) is 15.0 Å². The maximum Gasteiger partial charge on any atom is 0.165 e. The summed E-state index contributed by atoms with van der Waals surface area (Å²) in [6.07, 6.45) is 8.64. The third kappa shape index (κ3) is 4.20. The Morgan fingerprint density at radius 3 is 1.84 bits per heavy atom. The van der Waals surface area contributed by atoms with E-state index in [1.807, 2.05) is 11.3 Å². The van der Waals surface area contributed by atoms with Gasteiger partial charge < -0.3 is 0 Å². The molecule has 0 saturated heterocycles. The average molecular weight is 600 g/mol. The molecule has 3 nitrogen and oxygen atoms in total. The van der Waals surface area contributed by atoms with Crippen molar-refractivity contribution in [1.82, 2.24) is 15.0 Å². The van der Waals surface area contributed by atoms with E-state index in [1.54, 1.807) is 11.3 Å². The minimum absolute atomic E-state index is 0.712. The van der Waals surface area contributed by atoms with Gasteiger partial charge in [0.25, 0.3) is 0 Å². The molecule has 44 heavy (non-hydrogen) atoms. The highest BCUT2D eigenvalue weighted by atomic mass is 32.1. The molecule has 8 aromatic rings. The summed E-state index contributed by atoms with van der Waals surface area (Å²) in [5.74, 6) is 2.15. The zero-order valence-corrected chi connectivity index (χ0v) is 25.3. The Morgan fingerprint density at radius 2 is 1.11 bits per heavy atom. The van der Waals surface area contributed by atoms with Crippen LogP contribution in [0, 0.1) is 0 Å². The summed E-state index contributed by atoms with van der Waals surface area (Å²) in [6, 6.07) is 38.9. The average Bonchev–Trinajstić information content (AvgIpc) is 3.67. The number of fused-ring (bicyclic) bond motifs is 6. The molecule has 1 aliphatic rings. The zero-order chi connectivity index (χ0) is 29.0. The molecule has 3 aromatic heterocycles. The van der Waals surface area contributed by atoms with Crippen LogP contribution in [0.15, 0.2) is 127 Å². The molecule has 1 aliphatic carbocycles. The fourth-order valence-corrected chi connectivity index (χ4v) is 8.70. The van der Waals surface area contributed by atoms with Gasteiger partial charge in [-0.3, -0.25) is 0 Å². The Morgan fingerprint density at radius 1 is 0.477 bits per heavy atom. The van der Waals surface area contributed by atoms with Crippen LogP contribution in [0.5, 0.6) is 0 Å². The first kappa shape index (κ1) is 25.5. The number of allylic oxidation sites excluding steroid dienone is 4. The summed E-state index contributed by atoms with van der Waals surface area (Å²) in [5, 5.41) is 5.00.